The number of hydrogen-bond donors (Lipinski definition) is 3. The van der Waals surface area contributed by atoms with Crippen molar-refractivity contribution in [2.75, 3.05) is 39.2 Å². The van der Waals surface area contributed by atoms with Crippen molar-refractivity contribution in [2.24, 2.45) is 5.73 Å². The molecule has 0 aromatic heterocycles. The van der Waals surface area contributed by atoms with Crippen LogP contribution in [0.4, 0.5) is 0 Å². The minimum absolute atomic E-state index is 0.0174. The number of benzene rings is 3. The summed E-state index contributed by atoms with van der Waals surface area (Å²) in [5.41, 5.74) is 5.73. The third-order valence-corrected chi connectivity index (χ3v) is 20.8. The van der Waals surface area contributed by atoms with E-state index >= 15 is 0 Å². The first-order valence-electron chi connectivity index (χ1n) is 17.8. The van der Waals surface area contributed by atoms with E-state index in [1.165, 1.54) is 35.0 Å². The predicted molar refractivity (Wildman–Crippen MR) is 217 cm³/mol. The summed E-state index contributed by atoms with van der Waals surface area (Å²) in [6, 6.07) is 29.4. The molecule has 0 aliphatic carbocycles. The number of rotatable bonds is 20. The van der Waals surface area contributed by atoms with Crippen LogP contribution in [-0.4, -0.2) is 97.0 Å². The van der Waals surface area contributed by atoms with Crippen molar-refractivity contribution < 1.29 is 38.2 Å². The van der Waals surface area contributed by atoms with Gasteiger partial charge < -0.3 is 20.5 Å². The van der Waals surface area contributed by atoms with Gasteiger partial charge in [0.1, 0.15) is 12.6 Å². The number of amides is 4. The average molecular weight is 844 g/mol. The van der Waals surface area contributed by atoms with Crippen LogP contribution < -0.4 is 32.3 Å². The van der Waals surface area contributed by atoms with Crippen molar-refractivity contribution >= 4 is 84.0 Å². The van der Waals surface area contributed by atoms with Crippen LogP contribution in [0.25, 0.3) is 0 Å². The van der Waals surface area contributed by atoms with E-state index in [1.54, 1.807) is 0 Å². The number of unbranched alkanes of at least 4 members (excludes halogenated alkanes) is 2. The Morgan fingerprint density at radius 2 is 1.43 bits per heavy atom. The number of thioether (sulfide) groups is 1. The molecule has 1 fully saturated rings. The van der Waals surface area contributed by atoms with E-state index in [9.17, 15) is 28.8 Å². The van der Waals surface area contributed by atoms with Gasteiger partial charge in [0.25, 0.3) is 0 Å². The van der Waals surface area contributed by atoms with E-state index in [0.29, 0.717) is 6.42 Å². The minimum atomic E-state index is -3.09. The molecule has 3 aromatic rings. The Balaban J connectivity index is 1.38. The Morgan fingerprint density at radius 3 is 1.94 bits per heavy atom. The number of halogens is 1. The molecule has 3 atom stereocenters. The smallest absolute Gasteiger partial charge is 0.468 e. The predicted octanol–water partition coefficient (Wildman–Crippen LogP) is 2.91. The molecule has 0 spiro atoms. The number of nitrogens with zero attached hydrogens (tertiary/aromatic N) is 1. The van der Waals surface area contributed by atoms with Crippen LogP contribution in [-0.2, 0) is 38.2 Å². The summed E-state index contributed by atoms with van der Waals surface area (Å²) in [4.78, 5) is 76.7. The molecule has 1 saturated heterocycles. The van der Waals surface area contributed by atoms with Gasteiger partial charge in [-0.15, -0.1) is 0 Å². The molecule has 0 radical (unpaired) electrons. The molecule has 3 aromatic carbocycles. The quantitative estimate of drug-likeness (QED) is 0.0665. The van der Waals surface area contributed by atoms with Crippen LogP contribution in [0.1, 0.15) is 38.5 Å². The SMILES string of the molecule is COC(=O)CNC(=O)[C@H](CSC1CC(=O)N(CCCCCP(Br)(c2ccccc2)(c2ccccc2)c2ccccc2)C1=O)NC(=O)CC[C@H](N)C(=O)OC. The molecule has 54 heavy (non-hydrogen) atoms. The fourth-order valence-electron chi connectivity index (χ4n) is 6.50. The monoisotopic (exact) mass is 842 g/mol. The molecule has 15 heteroatoms. The zero-order chi connectivity index (χ0) is 39.2. The van der Waals surface area contributed by atoms with Crippen molar-refractivity contribution in [1.82, 2.24) is 15.5 Å². The number of nitrogens with one attached hydrogen (secondary N) is 2. The number of likely N-dealkylation sites (tertiary alicyclic amines) is 1. The van der Waals surface area contributed by atoms with E-state index in [0.717, 1.165) is 30.8 Å². The molecular weight excluding hydrogens is 795 g/mol. The standard InChI is InChI=1S/C39H48BrN4O8PS/c1-51-36(47)26-42-37(48)32(43-34(45)22-21-31(41)39(50)52-2)27-54-33-25-35(46)44(38(33)49)23-13-6-14-24-53(40,28-15-7-3-8-16-28,29-17-9-4-10-18-29)30-19-11-5-12-20-30/h3-5,7-12,15-20,31-33H,6,13-14,21-27,41H2,1-2H3,(H,42,48)(H,43,45)/t31-,32-,33?/m0/s1. The summed E-state index contributed by atoms with van der Waals surface area (Å²) in [5, 5.41) is 4.85. The van der Waals surface area contributed by atoms with E-state index in [1.807, 2.05) is 18.2 Å². The van der Waals surface area contributed by atoms with Gasteiger partial charge in [0, 0.05) is 6.42 Å². The van der Waals surface area contributed by atoms with Gasteiger partial charge in [-0.05, 0) is 6.42 Å². The molecule has 4 rings (SSSR count). The molecule has 0 saturated carbocycles. The summed E-state index contributed by atoms with van der Waals surface area (Å²) in [6.07, 6.45) is 2.85. The first-order chi connectivity index (χ1) is 25.9. The van der Waals surface area contributed by atoms with Crippen molar-refractivity contribution in [3.8, 4) is 0 Å². The van der Waals surface area contributed by atoms with Gasteiger partial charge in [0.2, 0.25) is 5.91 Å². The number of methoxy groups -OCH3 is 2. The van der Waals surface area contributed by atoms with Crippen LogP contribution in [0.2, 0.25) is 0 Å². The van der Waals surface area contributed by atoms with E-state index in [-0.39, 0.29) is 43.4 Å². The number of carbonyl (C=O) groups is 6. The van der Waals surface area contributed by atoms with Crippen molar-refractivity contribution in [2.45, 2.75) is 55.9 Å². The Morgan fingerprint density at radius 1 is 0.870 bits per heavy atom. The van der Waals surface area contributed by atoms with Crippen LogP contribution in [0.3, 0.4) is 0 Å². The normalized spacial score (nSPS) is 16.1. The molecule has 0 bridgehead atoms. The molecule has 12 nitrogen and oxygen atoms in total. The van der Waals surface area contributed by atoms with Gasteiger partial charge >= 0.3 is 244 Å². The van der Waals surface area contributed by atoms with Gasteiger partial charge in [-0.25, -0.2) is 0 Å². The molecule has 4 amide bonds. The zero-order valence-electron chi connectivity index (χ0n) is 30.5. The zero-order valence-corrected chi connectivity index (χ0v) is 33.8. The molecule has 4 N–H and O–H groups in total. The van der Waals surface area contributed by atoms with Gasteiger partial charge in [-0.1, -0.05) is 0 Å². The number of nitrogens with two attached hydrogens (primary N) is 1. The van der Waals surface area contributed by atoms with Gasteiger partial charge in [-0.3, -0.25) is 19.2 Å². The van der Waals surface area contributed by atoms with Gasteiger partial charge in [-0.2, -0.15) is 0 Å². The average Bonchev–Trinajstić information content (AvgIpc) is 3.48. The molecule has 290 valence electrons. The number of imide groups is 1. The fraction of sp³-hybridized carbons (Fsp3) is 0.385. The van der Waals surface area contributed by atoms with Crippen molar-refractivity contribution in [3.63, 3.8) is 0 Å². The fourth-order valence-corrected chi connectivity index (χ4v) is 15.4. The van der Waals surface area contributed by atoms with Gasteiger partial charge in [0.15, 0.2) is 0 Å². The first-order valence-corrected chi connectivity index (χ1v) is 23.2. The van der Waals surface area contributed by atoms with E-state index in [4.69, 9.17) is 5.73 Å². The number of hydrogen-bond acceptors (Lipinski definition) is 10. The molecule has 1 aliphatic rings. The van der Waals surface area contributed by atoms with Crippen LogP contribution >= 0.6 is 32.6 Å². The van der Waals surface area contributed by atoms with Crippen LogP contribution in [0, 0.1) is 0 Å². The Kier molecular flexibility index (Phi) is 15.8. The number of ether oxygens (including phenoxy) is 2. The summed E-state index contributed by atoms with van der Waals surface area (Å²) >= 11 is 5.55. The summed E-state index contributed by atoms with van der Waals surface area (Å²) in [7, 11) is 2.36. The summed E-state index contributed by atoms with van der Waals surface area (Å²) < 4.78 is 9.16. The van der Waals surface area contributed by atoms with Crippen LogP contribution in [0.5, 0.6) is 0 Å². The second-order valence-electron chi connectivity index (χ2n) is 13.0. The Bertz CT molecular complexity index is 1670. The third-order valence-electron chi connectivity index (χ3n) is 9.48. The number of carbonyl (C=O) groups excluding carboxylic acids is 6. The summed E-state index contributed by atoms with van der Waals surface area (Å²) in [5.74, 6) is -3.26. The maximum absolute atomic E-state index is 13.4. The maximum atomic E-state index is 13.4. The van der Waals surface area contributed by atoms with E-state index < -0.39 is 52.9 Å². The molecule has 1 heterocycles. The molecular formula is C39H48BrN4O8PS. The van der Waals surface area contributed by atoms with E-state index in [2.05, 4.69) is 108 Å². The molecule has 1 aliphatic heterocycles. The first kappa shape index (κ1) is 42.6. The van der Waals surface area contributed by atoms with Crippen LogP contribution in [0.15, 0.2) is 91.0 Å². The second kappa shape index (κ2) is 20.0. The molecule has 1 unspecified atom stereocenters. The third kappa shape index (κ3) is 10.3. The number of esters is 2. The van der Waals surface area contributed by atoms with Crippen molar-refractivity contribution in [1.29, 1.82) is 0 Å². The van der Waals surface area contributed by atoms with Gasteiger partial charge in [0.05, 0.1) is 14.2 Å². The Hall–Kier alpha value is -4.10. The minimum Gasteiger partial charge on any atom is -0.468 e. The topological polar surface area (TPSA) is 174 Å². The summed E-state index contributed by atoms with van der Waals surface area (Å²) in [6.45, 7) is -0.148. The van der Waals surface area contributed by atoms with Crippen molar-refractivity contribution in [3.05, 3.63) is 91.0 Å². The Labute approximate surface area is 328 Å². The second-order valence-corrected chi connectivity index (χ2v) is 23.3.